The highest BCUT2D eigenvalue weighted by Crippen LogP contribution is 2.33. The number of aromatic nitrogens is 7. The maximum absolute atomic E-state index is 14.7. The lowest BCUT2D eigenvalue weighted by Gasteiger charge is -2.28. The number of nitrogens with two attached hydrogens (primary N) is 1. The van der Waals surface area contributed by atoms with E-state index in [1.54, 1.807) is 50.4 Å². The van der Waals surface area contributed by atoms with Crippen molar-refractivity contribution in [1.82, 2.24) is 88.1 Å². The number of aryl methyl sites for hydroxylation is 1. The number of nitrogens with zero attached hydrogens (tertiary/aromatic N) is 5. The van der Waals surface area contributed by atoms with Gasteiger partial charge in [0.15, 0.2) is 0 Å². The van der Waals surface area contributed by atoms with Gasteiger partial charge in [-0.05, 0) is 43.6 Å². The first-order valence-electron chi connectivity index (χ1n) is 29.9. The van der Waals surface area contributed by atoms with Crippen LogP contribution < -0.4 is 58.9 Å². The lowest BCUT2D eigenvalue weighted by molar-refractivity contribution is -0.136. The van der Waals surface area contributed by atoms with Gasteiger partial charge in [-0.3, -0.25) is 47.8 Å². The number of hydrogen-bond donors (Lipinski definition) is 13. The van der Waals surface area contributed by atoms with Crippen molar-refractivity contribution in [2.45, 2.75) is 145 Å². The van der Waals surface area contributed by atoms with Gasteiger partial charge in [-0.15, -0.1) is 5.10 Å². The van der Waals surface area contributed by atoms with Crippen molar-refractivity contribution in [2.75, 3.05) is 58.5 Å². The Labute approximate surface area is 518 Å². The van der Waals surface area contributed by atoms with E-state index in [4.69, 9.17) is 19.9 Å². The molecule has 0 saturated carbocycles. The van der Waals surface area contributed by atoms with Gasteiger partial charge in [-0.2, -0.15) is 11.8 Å². The smallest absolute Gasteiger partial charge is 0.315 e. The van der Waals surface area contributed by atoms with E-state index in [2.05, 4.69) is 83.4 Å². The number of thioether (sulfide) groups is 1. The molecule has 31 nitrogen and oxygen atoms in total. The Kier molecular flexibility index (Phi) is 27.1. The molecule has 7 rings (SSSR count). The molecule has 0 radical (unpaired) electrons. The zero-order valence-corrected chi connectivity index (χ0v) is 50.7. The zero-order valence-electron chi connectivity index (χ0n) is 49.9. The van der Waals surface area contributed by atoms with Gasteiger partial charge in [0.25, 0.3) is 0 Å². The van der Waals surface area contributed by atoms with E-state index in [9.17, 15) is 47.9 Å². The average molecular weight is 1260 g/mol. The van der Waals surface area contributed by atoms with Crippen LogP contribution in [0.25, 0.3) is 0 Å². The Bertz CT molecular complexity index is 2950. The topological polar surface area (TPSA) is 433 Å². The minimum Gasteiger partial charge on any atom is -0.377 e. The SMILES string of the molecule is CC(C)[C@H]1NC(=O)[C@@H](Cc2c[nH]cn2)NC(=O)[C@@H](Cc2ccccc2)NC(=O)[C@@H](NC(=O)COCCOCCOCCNC(=O)CCCCC2SC[C@H]3NC(=O)N[C@@H]23)Cc2cn(nn2)CCCC[C@@H](C(N)=O)NC(=O)CNC(=O)[C@@H](Cc2c[nH]cn2)NC1=O. The molecule has 9 atom stereocenters. The van der Waals surface area contributed by atoms with Crippen molar-refractivity contribution in [3.05, 3.63) is 84.2 Å². The van der Waals surface area contributed by atoms with Crippen LogP contribution in [0.3, 0.4) is 0 Å². The number of rotatable bonds is 25. The average Bonchev–Trinajstić information content (AvgIpc) is 2.03. The van der Waals surface area contributed by atoms with Crippen LogP contribution in [0.5, 0.6) is 0 Å². The summed E-state index contributed by atoms with van der Waals surface area (Å²) < 4.78 is 18.3. The van der Waals surface area contributed by atoms with Gasteiger partial charge in [0.05, 0.1) is 81.4 Å². The maximum atomic E-state index is 14.7. The fraction of sp³-hybridized carbons (Fsp3) is 0.579. The van der Waals surface area contributed by atoms with E-state index in [0.29, 0.717) is 48.0 Å². The molecule has 2 bridgehead atoms. The van der Waals surface area contributed by atoms with Crippen molar-refractivity contribution < 1.29 is 62.2 Å². The molecule has 0 aliphatic carbocycles. The first-order chi connectivity index (χ1) is 43.0. The number of unbranched alkanes of at least 4 members (excludes halogenated alkanes) is 1. The number of hydrogen-bond acceptors (Lipinski definition) is 18. The Morgan fingerprint density at radius 3 is 2.09 bits per heavy atom. The third kappa shape index (κ3) is 22.9. The standard InChI is InChI=1S/C57H82N18O13S/c1-34(2)49-56(84)69-41(23-36-26-59-32-63-36)52(80)62-28-47(77)65-39(51(58)79)12-8-9-16-75-29-38(73-74-75)25-42(54(82)67-40(22-35-10-4-3-5-11-35)53(81)68-43(55(83)71-49)24-37-27-60-33-64-37)66-48(78)30-88-21-20-87-19-18-86-17-15-61-46(76)14-7-6-13-45-50-44(31-89-45)70-57(85)72-50/h3-5,10-11,26-27,29,32-34,39-45,49-50H,6-9,12-25,28,30-31H2,1-2H3,(H2,58,79)(H,59,63)(H,60,64)(H,61,76)(H,62,80)(H,65,77)(H,66,78)(H,67,82)(H,68,81)(H,69,84)(H,71,83)(H2,70,72,85)/t39-,40+,41+,42-,43+,44+,45?,49+,50+/m0/s1. The van der Waals surface area contributed by atoms with Crippen LogP contribution in [0.4, 0.5) is 4.79 Å². The molecule has 1 unspecified atom stereocenters. The van der Waals surface area contributed by atoms with Crippen LogP contribution in [0.2, 0.25) is 0 Å². The molecule has 32 heteroatoms. The molecule has 3 aliphatic heterocycles. The zero-order chi connectivity index (χ0) is 63.5. The van der Waals surface area contributed by atoms with Crippen LogP contribution in [0.15, 0.2) is 61.6 Å². The number of benzene rings is 1. The van der Waals surface area contributed by atoms with E-state index >= 15 is 0 Å². The molecular formula is C57H82N18O13S. The van der Waals surface area contributed by atoms with Crippen molar-refractivity contribution in [3.8, 4) is 0 Å². The van der Waals surface area contributed by atoms with Gasteiger partial charge in [-0.1, -0.05) is 55.8 Å². The van der Waals surface area contributed by atoms with Crippen LogP contribution in [0.1, 0.15) is 81.4 Å². The number of nitrogens with one attached hydrogen (secondary N) is 12. The molecule has 3 aromatic heterocycles. The molecule has 484 valence electrons. The highest BCUT2D eigenvalue weighted by molar-refractivity contribution is 8.00. The van der Waals surface area contributed by atoms with Gasteiger partial charge in [-0.25, -0.2) is 14.8 Å². The van der Waals surface area contributed by atoms with E-state index < -0.39 is 103 Å². The highest BCUT2D eigenvalue weighted by Gasteiger charge is 2.43. The Balaban J connectivity index is 0.979. The monoisotopic (exact) mass is 1260 g/mol. The molecule has 2 fully saturated rings. The fourth-order valence-corrected chi connectivity index (χ4v) is 11.7. The second-order valence-electron chi connectivity index (χ2n) is 22.2. The number of ether oxygens (including phenoxy) is 3. The molecule has 89 heavy (non-hydrogen) atoms. The third-order valence-corrected chi connectivity index (χ3v) is 16.4. The summed E-state index contributed by atoms with van der Waals surface area (Å²) in [6.45, 7) is 3.73. The summed E-state index contributed by atoms with van der Waals surface area (Å²) in [5.41, 5.74) is 7.33. The van der Waals surface area contributed by atoms with E-state index in [1.807, 2.05) is 11.8 Å². The molecule has 1 aromatic carbocycles. The third-order valence-electron chi connectivity index (χ3n) is 14.9. The molecule has 4 aromatic rings. The first kappa shape index (κ1) is 68.0. The van der Waals surface area contributed by atoms with E-state index in [0.717, 1.165) is 25.0 Å². The van der Waals surface area contributed by atoms with Gasteiger partial charge in [0.2, 0.25) is 53.2 Å². The summed E-state index contributed by atoms with van der Waals surface area (Å²) in [6, 6.07) is 1.15. The summed E-state index contributed by atoms with van der Waals surface area (Å²) in [7, 11) is 0. The van der Waals surface area contributed by atoms with Crippen molar-refractivity contribution in [1.29, 1.82) is 0 Å². The normalized spacial score (nSPS) is 23.5. The van der Waals surface area contributed by atoms with Gasteiger partial charge in [0, 0.05) is 74.8 Å². The first-order valence-corrected chi connectivity index (χ1v) is 31.0. The summed E-state index contributed by atoms with van der Waals surface area (Å²) in [4.78, 5) is 149. The van der Waals surface area contributed by atoms with E-state index in [-0.39, 0.29) is 101 Å². The predicted octanol–water partition coefficient (Wildman–Crippen LogP) is -2.76. The number of amides is 11. The van der Waals surface area contributed by atoms with Gasteiger partial charge in [0.1, 0.15) is 42.9 Å². The van der Waals surface area contributed by atoms with Crippen LogP contribution >= 0.6 is 11.8 Å². The minimum absolute atomic E-state index is 0.00559. The quantitative estimate of drug-likeness (QED) is 0.0236. The summed E-state index contributed by atoms with van der Waals surface area (Å²) in [5.74, 6) is -5.95. The highest BCUT2D eigenvalue weighted by atomic mass is 32.2. The van der Waals surface area contributed by atoms with E-state index in [1.165, 1.54) is 29.7 Å². The molecule has 3 aliphatic rings. The molecular weight excluding hydrogens is 1180 g/mol. The van der Waals surface area contributed by atoms with Crippen molar-refractivity contribution in [2.24, 2.45) is 11.7 Å². The maximum Gasteiger partial charge on any atom is 0.315 e. The Morgan fingerprint density at radius 1 is 0.730 bits per heavy atom. The van der Waals surface area contributed by atoms with Crippen molar-refractivity contribution >= 4 is 71.0 Å². The number of H-pyrrole nitrogens is 2. The molecule has 14 N–H and O–H groups in total. The summed E-state index contributed by atoms with van der Waals surface area (Å²) in [5, 5.41) is 36.3. The lowest BCUT2D eigenvalue weighted by Crippen LogP contribution is -2.61. The van der Waals surface area contributed by atoms with Gasteiger partial charge >= 0.3 is 6.03 Å². The fourth-order valence-electron chi connectivity index (χ4n) is 10.2. The predicted molar refractivity (Wildman–Crippen MR) is 320 cm³/mol. The summed E-state index contributed by atoms with van der Waals surface area (Å²) >= 11 is 1.85. The van der Waals surface area contributed by atoms with Crippen LogP contribution in [0, 0.1) is 5.92 Å². The largest absolute Gasteiger partial charge is 0.377 e. The van der Waals surface area contributed by atoms with Crippen LogP contribution in [-0.2, 0) is 89.6 Å². The number of carbonyl (C=O) groups excluding carboxylic acids is 10. The minimum atomic E-state index is -1.40. The number of fused-ring (bicyclic) bond motifs is 3. The molecule has 6 heterocycles. The number of aromatic amines is 2. The molecule has 2 saturated heterocycles. The molecule has 0 spiro atoms. The Hall–Kier alpha value is -8.49. The number of carbonyl (C=O) groups is 10. The number of primary amides is 1. The van der Waals surface area contributed by atoms with Gasteiger partial charge < -0.3 is 83.1 Å². The van der Waals surface area contributed by atoms with Crippen molar-refractivity contribution in [3.63, 3.8) is 0 Å². The second kappa shape index (κ2) is 35.5. The second-order valence-corrected chi connectivity index (χ2v) is 23.4. The Morgan fingerprint density at radius 2 is 1.39 bits per heavy atom. The molecule has 11 amide bonds. The van der Waals surface area contributed by atoms with Crippen LogP contribution in [-0.4, -0.2) is 206 Å². The summed E-state index contributed by atoms with van der Waals surface area (Å²) in [6.07, 6.45) is 10.7. The lowest BCUT2D eigenvalue weighted by atomic mass is 10.0. The number of urea groups is 1. The number of imidazole rings is 2.